The van der Waals surface area contributed by atoms with Crippen molar-refractivity contribution in [3.05, 3.63) is 123 Å². The standard InChI is InChI=1S/C35H35Cl2NO6/c1-38(21-32(25-7-12-28(36)13-8-25)26-9-14-29(37)15-10-26)19-3-4-24-5-16-31(17-6-24)43-22-30(39)23-44-33-18-11-27(35(40)41)20-34(33)42-2/h5-18,20,32H,3-4,19,21-23H2,1-2H3,(H,40,41). The van der Waals surface area contributed by atoms with Gasteiger partial charge in [0.05, 0.1) is 12.7 Å². The Kier molecular flexibility index (Phi) is 12.1. The Labute approximate surface area is 267 Å². The number of nitrogens with zero attached hydrogens (tertiary/aromatic N) is 1. The van der Waals surface area contributed by atoms with Gasteiger partial charge < -0.3 is 24.2 Å². The van der Waals surface area contributed by atoms with Crippen molar-refractivity contribution in [2.24, 2.45) is 0 Å². The number of likely N-dealkylation sites (N-methyl/N-ethyl adjacent to an activating group) is 1. The molecule has 230 valence electrons. The van der Waals surface area contributed by atoms with Crippen LogP contribution in [-0.4, -0.2) is 62.2 Å². The summed E-state index contributed by atoms with van der Waals surface area (Å²) in [5.74, 6) is -0.0343. The summed E-state index contributed by atoms with van der Waals surface area (Å²) in [6.45, 7) is 1.40. The molecule has 4 aromatic carbocycles. The summed E-state index contributed by atoms with van der Waals surface area (Å²) in [6, 6.07) is 28.0. The second-order valence-corrected chi connectivity index (χ2v) is 11.3. The monoisotopic (exact) mass is 635 g/mol. The largest absolute Gasteiger partial charge is 0.493 e. The van der Waals surface area contributed by atoms with Crippen LogP contribution in [0.5, 0.6) is 17.2 Å². The Bertz CT molecular complexity index is 1480. The van der Waals surface area contributed by atoms with Gasteiger partial charge in [0.2, 0.25) is 5.78 Å². The predicted molar refractivity (Wildman–Crippen MR) is 173 cm³/mol. The minimum atomic E-state index is -1.08. The number of carbonyl (C=O) groups is 2. The van der Waals surface area contributed by atoms with E-state index in [1.807, 2.05) is 48.5 Å². The Morgan fingerprint density at radius 3 is 1.95 bits per heavy atom. The van der Waals surface area contributed by atoms with Crippen molar-refractivity contribution in [1.29, 1.82) is 0 Å². The quantitative estimate of drug-likeness (QED) is 0.137. The fraction of sp³-hybridized carbons (Fsp3) is 0.257. The maximum atomic E-state index is 12.3. The number of hydrogen-bond donors (Lipinski definition) is 1. The fourth-order valence-electron chi connectivity index (χ4n) is 4.79. The first-order valence-electron chi connectivity index (χ1n) is 14.2. The topological polar surface area (TPSA) is 85.3 Å². The molecule has 0 aromatic heterocycles. The van der Waals surface area contributed by atoms with Crippen molar-refractivity contribution in [1.82, 2.24) is 4.90 Å². The summed E-state index contributed by atoms with van der Waals surface area (Å²) in [7, 11) is 3.54. The third kappa shape index (κ3) is 9.74. The number of carboxylic acid groups (broad SMARTS) is 1. The number of hydrogen-bond acceptors (Lipinski definition) is 6. The van der Waals surface area contributed by atoms with Gasteiger partial charge in [-0.05, 0) is 97.7 Å². The molecule has 0 aliphatic rings. The number of ketones is 1. The zero-order chi connectivity index (χ0) is 31.5. The van der Waals surface area contributed by atoms with Gasteiger partial charge in [-0.3, -0.25) is 4.79 Å². The molecule has 0 spiro atoms. The van der Waals surface area contributed by atoms with Gasteiger partial charge in [-0.15, -0.1) is 0 Å². The van der Waals surface area contributed by atoms with E-state index in [1.165, 1.54) is 42.0 Å². The van der Waals surface area contributed by atoms with Crippen LogP contribution < -0.4 is 14.2 Å². The van der Waals surface area contributed by atoms with Crippen LogP contribution in [0.25, 0.3) is 0 Å². The third-order valence-corrected chi connectivity index (χ3v) is 7.67. The van der Waals surface area contributed by atoms with Gasteiger partial charge in [0.25, 0.3) is 0 Å². The lowest BCUT2D eigenvalue weighted by molar-refractivity contribution is -0.123. The van der Waals surface area contributed by atoms with E-state index < -0.39 is 5.97 Å². The van der Waals surface area contributed by atoms with Gasteiger partial charge >= 0.3 is 5.97 Å². The highest BCUT2D eigenvalue weighted by Gasteiger charge is 2.17. The first-order chi connectivity index (χ1) is 21.2. The van der Waals surface area contributed by atoms with Crippen molar-refractivity contribution >= 4 is 35.0 Å². The zero-order valence-electron chi connectivity index (χ0n) is 24.7. The number of Topliss-reactive ketones (excluding diaryl/α,β-unsaturated/α-hetero) is 1. The van der Waals surface area contributed by atoms with E-state index in [1.54, 1.807) is 0 Å². The van der Waals surface area contributed by atoms with Gasteiger partial charge in [-0.2, -0.15) is 0 Å². The van der Waals surface area contributed by atoms with Gasteiger partial charge in [0, 0.05) is 22.5 Å². The molecule has 44 heavy (non-hydrogen) atoms. The Morgan fingerprint density at radius 2 is 1.39 bits per heavy atom. The molecule has 0 heterocycles. The van der Waals surface area contributed by atoms with E-state index >= 15 is 0 Å². The second-order valence-electron chi connectivity index (χ2n) is 10.5. The smallest absolute Gasteiger partial charge is 0.335 e. The Morgan fingerprint density at radius 1 is 0.795 bits per heavy atom. The lowest BCUT2D eigenvalue weighted by Gasteiger charge is -2.25. The van der Waals surface area contributed by atoms with Gasteiger partial charge in [-0.25, -0.2) is 4.79 Å². The van der Waals surface area contributed by atoms with E-state index in [2.05, 4.69) is 36.2 Å². The van der Waals surface area contributed by atoms with Crippen LogP contribution in [0.15, 0.2) is 91.0 Å². The molecule has 0 saturated heterocycles. The number of aromatic carboxylic acids is 1. The number of rotatable bonds is 16. The SMILES string of the molecule is COc1cc(C(=O)O)ccc1OCC(=O)COc1ccc(CCCN(C)CC(c2ccc(Cl)cc2)c2ccc(Cl)cc2)cc1. The van der Waals surface area contributed by atoms with Crippen LogP contribution in [0.3, 0.4) is 0 Å². The highest BCUT2D eigenvalue weighted by molar-refractivity contribution is 6.30. The van der Waals surface area contributed by atoms with Crippen molar-refractivity contribution in [2.75, 3.05) is 40.5 Å². The van der Waals surface area contributed by atoms with Crippen LogP contribution in [-0.2, 0) is 11.2 Å². The summed E-state index contributed by atoms with van der Waals surface area (Å²) in [5, 5.41) is 10.6. The van der Waals surface area contributed by atoms with Gasteiger partial charge in [-0.1, -0.05) is 59.6 Å². The molecule has 0 unspecified atom stereocenters. The molecular formula is C35H35Cl2NO6. The van der Waals surface area contributed by atoms with Crippen molar-refractivity contribution in [2.45, 2.75) is 18.8 Å². The molecule has 1 N–H and O–H groups in total. The Hall–Kier alpha value is -4.04. The summed E-state index contributed by atoms with van der Waals surface area (Å²) >= 11 is 12.3. The normalized spacial score (nSPS) is 11.0. The molecule has 0 saturated carbocycles. The lowest BCUT2D eigenvalue weighted by Crippen LogP contribution is -2.26. The van der Waals surface area contributed by atoms with Crippen molar-refractivity contribution in [3.63, 3.8) is 0 Å². The summed E-state index contributed by atoms with van der Waals surface area (Å²) < 4.78 is 16.3. The number of aryl methyl sites for hydroxylation is 1. The highest BCUT2D eigenvalue weighted by atomic mass is 35.5. The van der Waals surface area contributed by atoms with Gasteiger partial charge in [0.15, 0.2) is 18.1 Å². The number of halogens is 2. The Balaban J connectivity index is 1.22. The molecular weight excluding hydrogens is 601 g/mol. The minimum absolute atomic E-state index is 0.0660. The van der Waals surface area contributed by atoms with Crippen molar-refractivity contribution < 1.29 is 28.9 Å². The second kappa shape index (κ2) is 16.1. The van der Waals surface area contributed by atoms with E-state index in [4.69, 9.17) is 42.5 Å². The van der Waals surface area contributed by atoms with E-state index in [0.29, 0.717) is 5.75 Å². The van der Waals surface area contributed by atoms with E-state index in [-0.39, 0.29) is 42.0 Å². The van der Waals surface area contributed by atoms with E-state index in [0.717, 1.165) is 36.0 Å². The average Bonchev–Trinajstić information content (AvgIpc) is 3.03. The van der Waals surface area contributed by atoms with Crippen LogP contribution in [0.2, 0.25) is 10.0 Å². The highest BCUT2D eigenvalue weighted by Crippen LogP contribution is 2.29. The first kappa shape index (κ1) is 32.9. The van der Waals surface area contributed by atoms with E-state index in [9.17, 15) is 9.59 Å². The molecule has 0 aliphatic carbocycles. The number of ether oxygens (including phenoxy) is 3. The molecule has 9 heteroatoms. The van der Waals surface area contributed by atoms with Crippen molar-refractivity contribution in [3.8, 4) is 17.2 Å². The minimum Gasteiger partial charge on any atom is -0.493 e. The summed E-state index contributed by atoms with van der Waals surface area (Å²) in [6.07, 6.45) is 1.89. The molecule has 4 rings (SSSR count). The first-order valence-corrected chi connectivity index (χ1v) is 14.9. The van der Waals surface area contributed by atoms with Crippen LogP contribution in [0.1, 0.15) is 39.4 Å². The van der Waals surface area contributed by atoms with Crippen LogP contribution in [0.4, 0.5) is 0 Å². The molecule has 0 aliphatic heterocycles. The molecule has 0 fully saturated rings. The molecule has 4 aromatic rings. The number of methoxy groups -OCH3 is 1. The molecule has 7 nitrogen and oxygen atoms in total. The van der Waals surface area contributed by atoms with Gasteiger partial charge in [0.1, 0.15) is 12.4 Å². The molecule has 0 atom stereocenters. The molecule has 0 amide bonds. The average molecular weight is 637 g/mol. The third-order valence-electron chi connectivity index (χ3n) is 7.17. The molecule has 0 radical (unpaired) electrons. The lowest BCUT2D eigenvalue weighted by atomic mass is 9.91. The van der Waals surface area contributed by atoms with Crippen LogP contribution in [0, 0.1) is 0 Å². The number of carboxylic acids is 1. The zero-order valence-corrected chi connectivity index (χ0v) is 26.2. The summed E-state index contributed by atoms with van der Waals surface area (Å²) in [5.41, 5.74) is 3.66. The number of benzene rings is 4. The predicted octanol–water partition coefficient (Wildman–Crippen LogP) is 7.42. The fourth-order valence-corrected chi connectivity index (χ4v) is 5.04. The summed E-state index contributed by atoms with van der Waals surface area (Å²) in [4.78, 5) is 25.8. The van der Waals surface area contributed by atoms with Crippen LogP contribution >= 0.6 is 23.2 Å². The number of carbonyl (C=O) groups excluding carboxylic acids is 1. The maximum Gasteiger partial charge on any atom is 0.335 e. The molecule has 0 bridgehead atoms. The maximum absolute atomic E-state index is 12.3.